The van der Waals surface area contributed by atoms with Gasteiger partial charge < -0.3 is 10.8 Å². The number of nitrogens with zero attached hydrogens (tertiary/aromatic N) is 1. The van der Waals surface area contributed by atoms with Crippen molar-refractivity contribution in [3.05, 3.63) is 34.9 Å². The van der Waals surface area contributed by atoms with Crippen LogP contribution >= 0.6 is 11.6 Å². The van der Waals surface area contributed by atoms with Crippen LogP contribution in [-0.2, 0) is 4.79 Å². The summed E-state index contributed by atoms with van der Waals surface area (Å²) in [4.78, 5) is 13.5. The van der Waals surface area contributed by atoms with Gasteiger partial charge in [0, 0.05) is 11.1 Å². The fourth-order valence-corrected chi connectivity index (χ4v) is 3.29. The highest BCUT2D eigenvalue weighted by molar-refractivity contribution is 6.30. The monoisotopic (exact) mass is 310 g/mol. The van der Waals surface area contributed by atoms with E-state index < -0.39 is 12.0 Å². The molecule has 4 nitrogen and oxygen atoms in total. The van der Waals surface area contributed by atoms with Crippen LogP contribution in [0.15, 0.2) is 24.3 Å². The van der Waals surface area contributed by atoms with Gasteiger partial charge in [-0.3, -0.25) is 9.69 Å². The molecule has 1 saturated heterocycles. The van der Waals surface area contributed by atoms with E-state index >= 15 is 0 Å². The first kappa shape index (κ1) is 16.3. The summed E-state index contributed by atoms with van der Waals surface area (Å²) in [6.07, 6.45) is 1.61. The van der Waals surface area contributed by atoms with E-state index in [-0.39, 0.29) is 5.92 Å². The molecule has 5 heteroatoms. The second kappa shape index (κ2) is 7.25. The minimum Gasteiger partial charge on any atom is -0.383 e. The number of aliphatic hydroxyl groups excluding tert-OH is 1. The van der Waals surface area contributed by atoms with Crippen LogP contribution in [0.2, 0.25) is 5.02 Å². The van der Waals surface area contributed by atoms with Crippen LogP contribution < -0.4 is 5.73 Å². The fraction of sp³-hybridized carbons (Fsp3) is 0.562. The molecular weight excluding hydrogens is 288 g/mol. The van der Waals surface area contributed by atoms with Crippen molar-refractivity contribution in [3.63, 3.8) is 0 Å². The average Bonchev–Trinajstić information content (AvgIpc) is 2.50. The van der Waals surface area contributed by atoms with E-state index in [4.69, 9.17) is 17.3 Å². The molecule has 3 N–H and O–H groups in total. The van der Waals surface area contributed by atoms with E-state index in [1.54, 1.807) is 0 Å². The zero-order valence-corrected chi connectivity index (χ0v) is 13.1. The number of hydrogen-bond acceptors (Lipinski definition) is 3. The molecule has 1 aromatic carbocycles. The molecule has 116 valence electrons. The maximum absolute atomic E-state index is 11.1. The molecule has 0 aromatic heterocycles. The predicted molar refractivity (Wildman–Crippen MR) is 84.0 cm³/mol. The third-order valence-electron chi connectivity index (χ3n) is 4.39. The molecule has 1 aliphatic rings. The van der Waals surface area contributed by atoms with Gasteiger partial charge in [-0.25, -0.2) is 0 Å². The average molecular weight is 311 g/mol. The number of carbonyl (C=O) groups excluding carboxylic acids is 1. The number of benzene rings is 1. The minimum absolute atomic E-state index is 0.0125. The minimum atomic E-state index is -1.01. The Hall–Kier alpha value is -1.10. The van der Waals surface area contributed by atoms with Gasteiger partial charge in [0.25, 0.3) is 0 Å². The molecule has 0 bridgehead atoms. The third-order valence-corrected chi connectivity index (χ3v) is 4.65. The first-order chi connectivity index (χ1) is 10.0. The molecule has 1 fully saturated rings. The molecule has 2 rings (SSSR count). The van der Waals surface area contributed by atoms with Crippen molar-refractivity contribution < 1.29 is 9.90 Å². The second-order valence-corrected chi connectivity index (χ2v) is 6.13. The highest BCUT2D eigenvalue weighted by atomic mass is 35.5. The van der Waals surface area contributed by atoms with Crippen LogP contribution in [0.25, 0.3) is 0 Å². The maximum Gasteiger partial charge on any atom is 0.246 e. The van der Waals surface area contributed by atoms with E-state index in [0.29, 0.717) is 6.04 Å². The molecule has 0 radical (unpaired) electrons. The number of carbonyl (C=O) groups is 1. The molecule has 0 unspecified atom stereocenters. The van der Waals surface area contributed by atoms with E-state index in [2.05, 4.69) is 24.0 Å². The smallest absolute Gasteiger partial charge is 0.246 e. The highest BCUT2D eigenvalue weighted by Gasteiger charge is 2.30. The molecule has 1 aliphatic heterocycles. The van der Waals surface area contributed by atoms with Gasteiger partial charge in [-0.15, -0.1) is 0 Å². The van der Waals surface area contributed by atoms with Crippen LogP contribution in [-0.4, -0.2) is 35.1 Å². The van der Waals surface area contributed by atoms with Crippen molar-refractivity contribution in [2.45, 2.75) is 38.3 Å². The van der Waals surface area contributed by atoms with Gasteiger partial charge >= 0.3 is 0 Å². The summed E-state index contributed by atoms with van der Waals surface area (Å²) in [5.74, 6) is -0.625. The van der Waals surface area contributed by atoms with Gasteiger partial charge in [0.05, 0.1) is 0 Å². The molecule has 0 aliphatic carbocycles. The maximum atomic E-state index is 11.1. The van der Waals surface area contributed by atoms with E-state index in [1.165, 1.54) is 5.56 Å². The van der Waals surface area contributed by atoms with Gasteiger partial charge in [0.1, 0.15) is 6.10 Å². The van der Waals surface area contributed by atoms with E-state index in [0.717, 1.165) is 37.4 Å². The number of amides is 1. The van der Waals surface area contributed by atoms with Crippen molar-refractivity contribution in [2.75, 3.05) is 13.1 Å². The normalized spacial score (nSPS) is 20.1. The molecule has 1 amide bonds. The van der Waals surface area contributed by atoms with Crippen LogP contribution in [0.3, 0.4) is 0 Å². The van der Waals surface area contributed by atoms with Crippen LogP contribution in [0, 0.1) is 5.92 Å². The Kier molecular flexibility index (Phi) is 5.62. The SMILES string of the molecule is CC[C@@H](c1ccc(Cl)cc1)N1CCC([C@H](O)C(N)=O)CC1. The molecule has 1 heterocycles. The highest BCUT2D eigenvalue weighted by Crippen LogP contribution is 2.30. The number of nitrogens with two attached hydrogens (primary N) is 1. The Morgan fingerprint density at radius 1 is 1.38 bits per heavy atom. The van der Waals surface area contributed by atoms with E-state index in [9.17, 15) is 9.90 Å². The third kappa shape index (κ3) is 3.96. The number of piperidine rings is 1. The Bertz CT molecular complexity index is 470. The Morgan fingerprint density at radius 3 is 2.43 bits per heavy atom. The van der Waals surface area contributed by atoms with Gasteiger partial charge in [-0.1, -0.05) is 30.7 Å². The number of rotatable bonds is 5. The zero-order chi connectivity index (χ0) is 15.4. The van der Waals surface area contributed by atoms with Crippen LogP contribution in [0.4, 0.5) is 0 Å². The van der Waals surface area contributed by atoms with Gasteiger partial charge in [0.2, 0.25) is 5.91 Å². The summed E-state index contributed by atoms with van der Waals surface area (Å²) < 4.78 is 0. The zero-order valence-electron chi connectivity index (χ0n) is 12.3. The van der Waals surface area contributed by atoms with Crippen molar-refractivity contribution in [2.24, 2.45) is 11.7 Å². The lowest BCUT2D eigenvalue weighted by Crippen LogP contribution is -2.43. The van der Waals surface area contributed by atoms with Crippen molar-refractivity contribution in [1.82, 2.24) is 4.90 Å². The summed E-state index contributed by atoms with van der Waals surface area (Å²) in [6.45, 7) is 3.91. The summed E-state index contributed by atoms with van der Waals surface area (Å²) in [5, 5.41) is 10.5. The Morgan fingerprint density at radius 2 is 1.95 bits per heavy atom. The first-order valence-corrected chi connectivity index (χ1v) is 7.87. The van der Waals surface area contributed by atoms with Crippen LogP contribution in [0.5, 0.6) is 0 Å². The standard InChI is InChI=1S/C16H23ClN2O2/c1-2-14(11-3-5-13(17)6-4-11)19-9-7-12(8-10-19)15(20)16(18)21/h3-6,12,14-15,20H,2,7-10H2,1H3,(H2,18,21)/t14-,15-/m0/s1. The summed E-state index contributed by atoms with van der Waals surface area (Å²) in [6, 6.07) is 8.34. The number of likely N-dealkylation sites (tertiary alicyclic amines) is 1. The second-order valence-electron chi connectivity index (χ2n) is 5.70. The number of primary amides is 1. The number of halogens is 1. The summed E-state index contributed by atoms with van der Waals surface area (Å²) in [7, 11) is 0. The van der Waals surface area contributed by atoms with Crippen molar-refractivity contribution in [3.8, 4) is 0 Å². The van der Waals surface area contributed by atoms with Gasteiger partial charge in [-0.05, 0) is 56.0 Å². The van der Waals surface area contributed by atoms with Crippen molar-refractivity contribution in [1.29, 1.82) is 0 Å². The lowest BCUT2D eigenvalue weighted by Gasteiger charge is -2.38. The van der Waals surface area contributed by atoms with Gasteiger partial charge in [0.15, 0.2) is 0 Å². The lowest BCUT2D eigenvalue weighted by atomic mass is 9.89. The molecular formula is C16H23ClN2O2. The number of hydrogen-bond donors (Lipinski definition) is 2. The quantitative estimate of drug-likeness (QED) is 0.877. The molecule has 2 atom stereocenters. The topological polar surface area (TPSA) is 66.6 Å². The Labute approximate surface area is 130 Å². The summed E-state index contributed by atoms with van der Waals surface area (Å²) in [5.41, 5.74) is 6.44. The lowest BCUT2D eigenvalue weighted by molar-refractivity contribution is -0.129. The van der Waals surface area contributed by atoms with Gasteiger partial charge in [-0.2, -0.15) is 0 Å². The molecule has 1 aromatic rings. The van der Waals surface area contributed by atoms with Crippen molar-refractivity contribution >= 4 is 17.5 Å². The first-order valence-electron chi connectivity index (χ1n) is 7.49. The predicted octanol–water partition coefficient (Wildman–Crippen LogP) is 2.35. The largest absolute Gasteiger partial charge is 0.383 e. The molecule has 0 saturated carbocycles. The molecule has 0 spiro atoms. The van der Waals surface area contributed by atoms with E-state index in [1.807, 2.05) is 12.1 Å². The molecule has 21 heavy (non-hydrogen) atoms. The number of aliphatic hydroxyl groups is 1. The van der Waals surface area contributed by atoms with Crippen LogP contribution in [0.1, 0.15) is 37.8 Å². The Balaban J connectivity index is 1.99. The summed E-state index contributed by atoms with van der Waals surface area (Å²) >= 11 is 5.94. The fourth-order valence-electron chi connectivity index (χ4n) is 3.17.